The van der Waals surface area contributed by atoms with Crippen molar-refractivity contribution < 1.29 is 17.9 Å². The van der Waals surface area contributed by atoms with Crippen molar-refractivity contribution >= 4 is 31.9 Å². The van der Waals surface area contributed by atoms with Gasteiger partial charge in [0, 0.05) is 43.9 Å². The number of halogens is 1. The van der Waals surface area contributed by atoms with E-state index in [0.29, 0.717) is 57.1 Å². The molecule has 0 spiro atoms. The third-order valence-corrected chi connectivity index (χ3v) is 8.50. The molecule has 0 saturated carbocycles. The monoisotopic (exact) mass is 492 g/mol. The van der Waals surface area contributed by atoms with Crippen LogP contribution in [0.2, 0.25) is 0 Å². The van der Waals surface area contributed by atoms with Crippen molar-refractivity contribution in [2.24, 2.45) is 0 Å². The molecule has 8 heteroatoms. The van der Waals surface area contributed by atoms with E-state index < -0.39 is 15.4 Å². The summed E-state index contributed by atoms with van der Waals surface area (Å²) in [6.45, 7) is 2.48. The molecule has 1 amide bonds. The molecule has 0 radical (unpaired) electrons. The minimum absolute atomic E-state index is 0.0740. The zero-order valence-corrected chi connectivity index (χ0v) is 19.1. The first kappa shape index (κ1) is 21.5. The van der Waals surface area contributed by atoms with Gasteiger partial charge in [-0.15, -0.1) is 0 Å². The normalized spacial score (nSPS) is 20.1. The first-order valence-corrected chi connectivity index (χ1v) is 12.4. The number of sulfonamides is 1. The highest BCUT2D eigenvalue weighted by atomic mass is 79.9. The maximum Gasteiger partial charge on any atom is 0.243 e. The van der Waals surface area contributed by atoms with Crippen LogP contribution in [0.15, 0.2) is 64.0 Å². The quantitative estimate of drug-likeness (QED) is 0.657. The standard InChI is InChI=1S/C22H25BrN2O4S/c23-19-8-6-18(7-9-19)22(10-16-29-17-11-22)21(26)24-12-14-25(15-13-24)30(27,28)20-4-2-1-3-5-20/h1-9H,10-17H2. The summed E-state index contributed by atoms with van der Waals surface area (Å²) >= 11 is 3.46. The van der Waals surface area contributed by atoms with Gasteiger partial charge < -0.3 is 9.64 Å². The molecule has 2 aromatic rings. The van der Waals surface area contributed by atoms with Crippen LogP contribution in [-0.2, 0) is 25.0 Å². The molecular weight excluding hydrogens is 468 g/mol. The molecule has 0 unspecified atom stereocenters. The molecule has 160 valence electrons. The van der Waals surface area contributed by atoms with Gasteiger partial charge in [-0.05, 0) is 42.7 Å². The zero-order valence-electron chi connectivity index (χ0n) is 16.7. The Morgan fingerprint density at radius 1 is 0.900 bits per heavy atom. The van der Waals surface area contributed by atoms with E-state index in [9.17, 15) is 13.2 Å². The maximum absolute atomic E-state index is 13.7. The summed E-state index contributed by atoms with van der Waals surface area (Å²) in [4.78, 5) is 15.8. The summed E-state index contributed by atoms with van der Waals surface area (Å²) in [6.07, 6.45) is 1.27. The first-order chi connectivity index (χ1) is 14.4. The van der Waals surface area contributed by atoms with Gasteiger partial charge in [0.1, 0.15) is 0 Å². The minimum Gasteiger partial charge on any atom is -0.381 e. The smallest absolute Gasteiger partial charge is 0.243 e. The second kappa shape index (κ2) is 8.78. The van der Waals surface area contributed by atoms with Crippen molar-refractivity contribution in [2.75, 3.05) is 39.4 Å². The highest BCUT2D eigenvalue weighted by molar-refractivity contribution is 9.10. The van der Waals surface area contributed by atoms with Crippen molar-refractivity contribution in [2.45, 2.75) is 23.2 Å². The Morgan fingerprint density at radius 2 is 1.50 bits per heavy atom. The molecule has 2 heterocycles. The minimum atomic E-state index is -3.54. The third kappa shape index (κ3) is 4.06. The third-order valence-electron chi connectivity index (χ3n) is 6.06. The molecule has 0 bridgehead atoms. The van der Waals surface area contributed by atoms with Crippen LogP contribution in [0.3, 0.4) is 0 Å². The van der Waals surface area contributed by atoms with Gasteiger partial charge in [-0.2, -0.15) is 4.31 Å². The number of carbonyl (C=O) groups is 1. The number of ether oxygens (including phenoxy) is 1. The average Bonchev–Trinajstić information content (AvgIpc) is 2.80. The van der Waals surface area contributed by atoms with Crippen LogP contribution in [0.25, 0.3) is 0 Å². The molecule has 4 rings (SSSR count). The lowest BCUT2D eigenvalue weighted by molar-refractivity contribution is -0.142. The van der Waals surface area contributed by atoms with E-state index in [1.165, 1.54) is 4.31 Å². The highest BCUT2D eigenvalue weighted by Gasteiger charge is 2.45. The van der Waals surface area contributed by atoms with Crippen molar-refractivity contribution in [1.82, 2.24) is 9.21 Å². The number of piperazine rings is 1. The fourth-order valence-corrected chi connectivity index (χ4v) is 6.00. The van der Waals surface area contributed by atoms with E-state index in [1.807, 2.05) is 29.2 Å². The van der Waals surface area contributed by atoms with Crippen LogP contribution in [0, 0.1) is 0 Å². The number of hydrogen-bond donors (Lipinski definition) is 0. The van der Waals surface area contributed by atoms with Crippen LogP contribution < -0.4 is 0 Å². The topological polar surface area (TPSA) is 66.9 Å². The number of nitrogens with zero attached hydrogens (tertiary/aromatic N) is 2. The van der Waals surface area contributed by atoms with Gasteiger partial charge in [0.05, 0.1) is 10.3 Å². The molecule has 2 fully saturated rings. The van der Waals surface area contributed by atoms with Crippen LogP contribution in [-0.4, -0.2) is 62.9 Å². The van der Waals surface area contributed by atoms with Crippen LogP contribution in [0.5, 0.6) is 0 Å². The van der Waals surface area contributed by atoms with Gasteiger partial charge >= 0.3 is 0 Å². The van der Waals surface area contributed by atoms with Gasteiger partial charge in [-0.1, -0.05) is 46.3 Å². The van der Waals surface area contributed by atoms with E-state index in [0.717, 1.165) is 10.0 Å². The highest BCUT2D eigenvalue weighted by Crippen LogP contribution is 2.37. The van der Waals surface area contributed by atoms with E-state index in [1.54, 1.807) is 30.3 Å². The van der Waals surface area contributed by atoms with Crippen molar-refractivity contribution in [3.63, 3.8) is 0 Å². The summed E-state index contributed by atoms with van der Waals surface area (Å²) in [5.41, 5.74) is 0.387. The number of benzene rings is 2. The Morgan fingerprint density at radius 3 is 2.10 bits per heavy atom. The molecule has 0 aromatic heterocycles. The number of rotatable bonds is 4. The number of carbonyl (C=O) groups excluding carboxylic acids is 1. The van der Waals surface area contributed by atoms with Crippen LogP contribution in [0.4, 0.5) is 0 Å². The van der Waals surface area contributed by atoms with E-state index in [2.05, 4.69) is 15.9 Å². The predicted octanol–water partition coefficient (Wildman–Crippen LogP) is 3.03. The van der Waals surface area contributed by atoms with Gasteiger partial charge in [0.15, 0.2) is 0 Å². The predicted molar refractivity (Wildman–Crippen MR) is 118 cm³/mol. The lowest BCUT2D eigenvalue weighted by atomic mass is 9.73. The molecular formula is C22H25BrN2O4S. The van der Waals surface area contributed by atoms with Crippen molar-refractivity contribution in [3.05, 3.63) is 64.6 Å². The Hall–Kier alpha value is -1.74. The first-order valence-electron chi connectivity index (χ1n) is 10.1. The van der Waals surface area contributed by atoms with Crippen LogP contribution in [0.1, 0.15) is 18.4 Å². The average molecular weight is 493 g/mol. The Labute approximate surface area is 186 Å². The van der Waals surface area contributed by atoms with Crippen molar-refractivity contribution in [3.8, 4) is 0 Å². The Bertz CT molecular complexity index is 982. The largest absolute Gasteiger partial charge is 0.381 e. The maximum atomic E-state index is 13.7. The molecule has 6 nitrogen and oxygen atoms in total. The van der Waals surface area contributed by atoms with E-state index >= 15 is 0 Å². The molecule has 2 aliphatic heterocycles. The fraction of sp³-hybridized carbons (Fsp3) is 0.409. The van der Waals surface area contributed by atoms with E-state index in [4.69, 9.17) is 4.74 Å². The summed E-state index contributed by atoms with van der Waals surface area (Å²) in [5, 5.41) is 0. The van der Waals surface area contributed by atoms with Gasteiger partial charge in [-0.3, -0.25) is 4.79 Å². The zero-order chi connectivity index (χ0) is 21.2. The summed E-state index contributed by atoms with van der Waals surface area (Å²) in [5.74, 6) is 0.0740. The number of amides is 1. The Balaban J connectivity index is 1.52. The molecule has 2 aliphatic rings. The Kier molecular flexibility index (Phi) is 6.29. The fourth-order valence-electron chi connectivity index (χ4n) is 4.29. The SMILES string of the molecule is O=C(N1CCN(S(=O)(=O)c2ccccc2)CC1)C1(c2ccc(Br)cc2)CCOCC1. The number of hydrogen-bond acceptors (Lipinski definition) is 4. The molecule has 30 heavy (non-hydrogen) atoms. The molecule has 0 atom stereocenters. The summed E-state index contributed by atoms with van der Waals surface area (Å²) in [7, 11) is -3.54. The lowest BCUT2D eigenvalue weighted by Gasteiger charge is -2.42. The van der Waals surface area contributed by atoms with Crippen LogP contribution >= 0.6 is 15.9 Å². The van der Waals surface area contributed by atoms with Gasteiger partial charge in [-0.25, -0.2) is 8.42 Å². The van der Waals surface area contributed by atoms with Gasteiger partial charge in [0.2, 0.25) is 15.9 Å². The van der Waals surface area contributed by atoms with Crippen molar-refractivity contribution in [1.29, 1.82) is 0 Å². The second-order valence-corrected chi connectivity index (χ2v) is 10.6. The molecule has 0 aliphatic carbocycles. The molecule has 2 saturated heterocycles. The van der Waals surface area contributed by atoms with Gasteiger partial charge in [0.25, 0.3) is 0 Å². The summed E-state index contributed by atoms with van der Waals surface area (Å²) < 4.78 is 33.8. The second-order valence-electron chi connectivity index (χ2n) is 7.71. The summed E-state index contributed by atoms with van der Waals surface area (Å²) in [6, 6.07) is 16.4. The molecule has 2 aromatic carbocycles. The van der Waals surface area contributed by atoms with E-state index in [-0.39, 0.29) is 5.91 Å². The molecule has 0 N–H and O–H groups in total. The lowest BCUT2D eigenvalue weighted by Crippen LogP contribution is -2.56.